The van der Waals surface area contributed by atoms with Crippen molar-refractivity contribution in [2.24, 2.45) is 0 Å². The molecule has 0 radical (unpaired) electrons. The van der Waals surface area contributed by atoms with Gasteiger partial charge in [-0.3, -0.25) is 9.69 Å². The molecule has 4 aromatic carbocycles. The second kappa shape index (κ2) is 12.1. The molecule has 1 N–H and O–H groups in total. The van der Waals surface area contributed by atoms with Gasteiger partial charge in [0.15, 0.2) is 0 Å². The van der Waals surface area contributed by atoms with E-state index in [4.69, 9.17) is 0 Å². The molecule has 0 heterocycles. The third-order valence-corrected chi connectivity index (χ3v) is 6.81. The first-order valence-electron chi connectivity index (χ1n) is 12.5. The largest absolute Gasteiger partial charge is 0.481 e. The zero-order chi connectivity index (χ0) is 27.1. The van der Waals surface area contributed by atoms with Crippen LogP contribution in [-0.4, -0.2) is 16.0 Å². The summed E-state index contributed by atoms with van der Waals surface area (Å²) in [4.78, 5) is 14.2. The lowest BCUT2D eigenvalue weighted by molar-refractivity contribution is -0.139. The molecule has 0 aliphatic heterocycles. The van der Waals surface area contributed by atoms with Crippen molar-refractivity contribution in [1.82, 2.24) is 4.90 Å². The minimum Gasteiger partial charge on any atom is -0.481 e. The number of halogens is 3. The van der Waals surface area contributed by atoms with Crippen LogP contribution in [0.5, 0.6) is 0 Å². The Morgan fingerprint density at radius 3 is 2.03 bits per heavy atom. The van der Waals surface area contributed by atoms with Crippen LogP contribution in [-0.2, 0) is 23.9 Å². The van der Waals surface area contributed by atoms with Crippen LogP contribution in [0.3, 0.4) is 0 Å². The Kier molecular flexibility index (Phi) is 8.64. The highest BCUT2D eigenvalue weighted by molar-refractivity contribution is 5.68. The van der Waals surface area contributed by atoms with Gasteiger partial charge in [0.2, 0.25) is 0 Å². The second-order valence-electron chi connectivity index (χ2n) is 9.43. The lowest BCUT2D eigenvalue weighted by Crippen LogP contribution is -2.32. The average Bonchev–Trinajstić information content (AvgIpc) is 2.91. The first-order valence-corrected chi connectivity index (χ1v) is 12.5. The lowest BCUT2D eigenvalue weighted by atomic mass is 9.93. The quantitative estimate of drug-likeness (QED) is 0.231. The Morgan fingerprint density at radius 2 is 1.37 bits per heavy atom. The molecule has 2 atom stereocenters. The first-order chi connectivity index (χ1) is 18.2. The van der Waals surface area contributed by atoms with E-state index in [2.05, 4.69) is 11.8 Å². The zero-order valence-corrected chi connectivity index (χ0v) is 21.1. The third-order valence-electron chi connectivity index (χ3n) is 6.81. The number of rotatable bonds is 10. The van der Waals surface area contributed by atoms with Crippen LogP contribution in [0.2, 0.25) is 0 Å². The van der Waals surface area contributed by atoms with Gasteiger partial charge in [-0.15, -0.1) is 0 Å². The smallest absolute Gasteiger partial charge is 0.416 e. The number of carbonyl (C=O) groups is 1. The second-order valence-corrected chi connectivity index (χ2v) is 9.43. The molecule has 1 unspecified atom stereocenters. The molecule has 0 spiro atoms. The van der Waals surface area contributed by atoms with Crippen LogP contribution in [0.15, 0.2) is 109 Å². The molecule has 4 rings (SSSR count). The zero-order valence-electron chi connectivity index (χ0n) is 21.1. The fourth-order valence-corrected chi connectivity index (χ4v) is 4.91. The summed E-state index contributed by atoms with van der Waals surface area (Å²) in [5, 5.41) is 9.89. The molecule has 0 fully saturated rings. The molecular formula is C32H30F3NO2. The third kappa shape index (κ3) is 6.90. The summed E-state index contributed by atoms with van der Waals surface area (Å²) >= 11 is 0. The lowest BCUT2D eigenvalue weighted by Gasteiger charge is -2.37. The van der Waals surface area contributed by atoms with Gasteiger partial charge in [-0.05, 0) is 47.2 Å². The molecule has 196 valence electrons. The summed E-state index contributed by atoms with van der Waals surface area (Å²) < 4.78 is 40.8. The van der Waals surface area contributed by atoms with E-state index in [1.54, 1.807) is 18.2 Å². The van der Waals surface area contributed by atoms with Crippen molar-refractivity contribution in [2.75, 3.05) is 0 Å². The summed E-state index contributed by atoms with van der Waals surface area (Å²) in [7, 11) is 0. The van der Waals surface area contributed by atoms with Crippen molar-refractivity contribution in [3.63, 3.8) is 0 Å². The number of nitrogens with zero attached hydrogens (tertiary/aromatic N) is 1. The normalized spacial score (nSPS) is 13.3. The fourth-order valence-electron chi connectivity index (χ4n) is 4.91. The number of hydrogen-bond acceptors (Lipinski definition) is 2. The average molecular weight is 518 g/mol. The van der Waals surface area contributed by atoms with Crippen LogP contribution in [0, 0.1) is 0 Å². The van der Waals surface area contributed by atoms with Gasteiger partial charge in [0, 0.05) is 18.6 Å². The van der Waals surface area contributed by atoms with E-state index in [0.29, 0.717) is 12.1 Å². The molecule has 0 aromatic heterocycles. The van der Waals surface area contributed by atoms with Gasteiger partial charge in [0.25, 0.3) is 0 Å². The summed E-state index contributed by atoms with van der Waals surface area (Å²) in [6.45, 7) is 2.56. The predicted molar refractivity (Wildman–Crippen MR) is 143 cm³/mol. The van der Waals surface area contributed by atoms with Crippen LogP contribution in [0.1, 0.15) is 58.8 Å². The molecule has 6 heteroatoms. The van der Waals surface area contributed by atoms with Gasteiger partial charge in [-0.2, -0.15) is 13.2 Å². The number of alkyl halides is 3. The van der Waals surface area contributed by atoms with E-state index in [1.807, 2.05) is 72.8 Å². The van der Waals surface area contributed by atoms with E-state index in [1.165, 1.54) is 12.1 Å². The SMILES string of the molecule is C[C@H](c1ccccc1)N(Cc1ccccc1)C(CC(=O)O)c1cccc(Cc2ccccc2C(F)(F)F)c1. The number of carboxylic acids is 1. The highest BCUT2D eigenvalue weighted by Crippen LogP contribution is 2.36. The summed E-state index contributed by atoms with van der Waals surface area (Å²) in [5.74, 6) is -0.943. The van der Waals surface area contributed by atoms with Crippen molar-refractivity contribution in [2.45, 2.75) is 44.6 Å². The number of hydrogen-bond donors (Lipinski definition) is 1. The molecule has 38 heavy (non-hydrogen) atoms. The van der Waals surface area contributed by atoms with Crippen LogP contribution in [0.4, 0.5) is 13.2 Å². The highest BCUT2D eigenvalue weighted by atomic mass is 19.4. The minimum atomic E-state index is -4.45. The van der Waals surface area contributed by atoms with E-state index in [0.717, 1.165) is 22.8 Å². The molecule has 4 aromatic rings. The van der Waals surface area contributed by atoms with E-state index >= 15 is 0 Å². The van der Waals surface area contributed by atoms with Crippen LogP contribution in [0.25, 0.3) is 0 Å². The van der Waals surface area contributed by atoms with Gasteiger partial charge in [-0.1, -0.05) is 103 Å². The van der Waals surface area contributed by atoms with Crippen molar-refractivity contribution in [3.8, 4) is 0 Å². The van der Waals surface area contributed by atoms with Crippen molar-refractivity contribution < 1.29 is 23.1 Å². The molecule has 3 nitrogen and oxygen atoms in total. The molecule has 0 saturated heterocycles. The standard InChI is InChI=1S/C32H30F3NO2/c1-23(26-14-6-3-7-15-26)36(22-24-11-4-2-5-12-24)30(21-31(37)38)28-17-10-13-25(20-28)19-27-16-8-9-18-29(27)32(33,34)35/h2-18,20,23,30H,19,21-22H2,1H3,(H,37,38)/t23-,30?/m1/s1. The molecule has 0 bridgehead atoms. The number of carboxylic acid groups (broad SMARTS) is 1. The predicted octanol–water partition coefficient (Wildman–Crippen LogP) is 8.08. The monoisotopic (exact) mass is 517 g/mol. The summed E-state index contributed by atoms with van der Waals surface area (Å²) in [6.07, 6.45) is -4.50. The molecule has 0 amide bonds. The van der Waals surface area contributed by atoms with Gasteiger partial charge in [0.05, 0.1) is 12.0 Å². The molecule has 0 aliphatic carbocycles. The fraction of sp³-hybridized carbons (Fsp3) is 0.219. The minimum absolute atomic E-state index is 0.0935. The summed E-state index contributed by atoms with van der Waals surface area (Å²) in [6, 6.07) is 32.0. The highest BCUT2D eigenvalue weighted by Gasteiger charge is 2.33. The Hall–Kier alpha value is -3.90. The van der Waals surface area contributed by atoms with Crippen molar-refractivity contribution in [1.29, 1.82) is 0 Å². The van der Waals surface area contributed by atoms with E-state index in [-0.39, 0.29) is 24.4 Å². The Balaban J connectivity index is 1.73. The number of aliphatic carboxylic acids is 1. The Labute approximate surface area is 221 Å². The van der Waals surface area contributed by atoms with Gasteiger partial charge in [0.1, 0.15) is 0 Å². The Bertz CT molecular complexity index is 1340. The molecule has 0 saturated carbocycles. The number of benzene rings is 4. The topological polar surface area (TPSA) is 40.5 Å². The van der Waals surface area contributed by atoms with Gasteiger partial charge < -0.3 is 5.11 Å². The maximum absolute atomic E-state index is 13.6. The van der Waals surface area contributed by atoms with Gasteiger partial charge >= 0.3 is 12.1 Å². The van der Waals surface area contributed by atoms with E-state index in [9.17, 15) is 23.1 Å². The van der Waals surface area contributed by atoms with Crippen molar-refractivity contribution in [3.05, 3.63) is 143 Å². The van der Waals surface area contributed by atoms with E-state index < -0.39 is 23.8 Å². The molecule has 0 aliphatic rings. The maximum atomic E-state index is 13.6. The van der Waals surface area contributed by atoms with Crippen LogP contribution >= 0.6 is 0 Å². The van der Waals surface area contributed by atoms with Crippen molar-refractivity contribution >= 4 is 5.97 Å². The van der Waals surface area contributed by atoms with Gasteiger partial charge in [-0.25, -0.2) is 0 Å². The Morgan fingerprint density at radius 1 is 0.789 bits per heavy atom. The summed E-state index contributed by atoms with van der Waals surface area (Å²) in [5.41, 5.74) is 3.08. The molecular weight excluding hydrogens is 487 g/mol. The maximum Gasteiger partial charge on any atom is 0.416 e. The van der Waals surface area contributed by atoms with Crippen LogP contribution < -0.4 is 0 Å². The first kappa shape index (κ1) is 27.1.